The Labute approximate surface area is 325 Å². The first kappa shape index (κ1) is 38.2. The van der Waals surface area contributed by atoms with Crippen LogP contribution < -0.4 is 5.32 Å². The molecule has 55 heavy (non-hydrogen) atoms. The van der Waals surface area contributed by atoms with Gasteiger partial charge >= 0.3 is 6.03 Å². The van der Waals surface area contributed by atoms with Gasteiger partial charge in [0.1, 0.15) is 0 Å². The first-order chi connectivity index (χ1) is 26.5. The normalized spacial score (nSPS) is 23.3. The summed E-state index contributed by atoms with van der Waals surface area (Å²) in [5.74, 6) is -0.207. The minimum Gasteiger partial charge on any atom is -0.393 e. The lowest BCUT2D eigenvalue weighted by Gasteiger charge is -2.46. The van der Waals surface area contributed by atoms with Gasteiger partial charge in [-0.2, -0.15) is 0 Å². The fraction of sp³-hybridized carbons (Fsp3) is 0.347. The van der Waals surface area contributed by atoms with E-state index in [1.54, 1.807) is 0 Å². The molecule has 0 aromatic heterocycles. The van der Waals surface area contributed by atoms with Gasteiger partial charge in [-0.15, -0.1) is 0 Å². The number of carbonyl (C=O) groups is 2. The number of amides is 2. The van der Waals surface area contributed by atoms with Crippen LogP contribution in [0.15, 0.2) is 133 Å². The Morgan fingerprint density at radius 1 is 0.873 bits per heavy atom. The Hall–Kier alpha value is -5.04. The third kappa shape index (κ3) is 8.17. The molecular formula is C49H54N2O4. The fourth-order valence-electron chi connectivity index (χ4n) is 9.19. The molecule has 2 amide bonds. The minimum absolute atomic E-state index is 0.0561. The van der Waals surface area contributed by atoms with Gasteiger partial charge in [-0.1, -0.05) is 134 Å². The van der Waals surface area contributed by atoms with Gasteiger partial charge in [0.2, 0.25) is 0 Å². The molecule has 3 aliphatic carbocycles. The quantitative estimate of drug-likeness (QED) is 0.109. The van der Waals surface area contributed by atoms with Crippen molar-refractivity contribution in [2.45, 2.75) is 95.9 Å². The first-order valence-corrected chi connectivity index (χ1v) is 19.9. The number of allylic oxidation sites excluding steroid dienone is 2. The van der Waals surface area contributed by atoms with Crippen molar-refractivity contribution in [3.8, 4) is 0 Å². The van der Waals surface area contributed by atoms with Crippen molar-refractivity contribution in [3.63, 3.8) is 0 Å². The second-order valence-electron chi connectivity index (χ2n) is 16.2. The van der Waals surface area contributed by atoms with E-state index >= 15 is 0 Å². The Kier molecular flexibility index (Phi) is 11.4. The molecule has 284 valence electrons. The molecule has 0 heterocycles. The molecule has 0 aliphatic heterocycles. The number of hydrogen-bond acceptors (Lipinski definition) is 4. The van der Waals surface area contributed by atoms with Crippen molar-refractivity contribution in [2.75, 3.05) is 6.54 Å². The molecule has 5 aromatic carbocycles. The van der Waals surface area contributed by atoms with Crippen LogP contribution in [0, 0.1) is 5.41 Å². The van der Waals surface area contributed by atoms with Crippen molar-refractivity contribution in [1.82, 2.24) is 10.2 Å². The molecule has 3 aliphatic rings. The number of aliphatic hydroxyl groups excluding tert-OH is 1. The van der Waals surface area contributed by atoms with E-state index in [9.17, 15) is 19.8 Å². The average Bonchev–Trinajstić information content (AvgIpc) is 3.45. The van der Waals surface area contributed by atoms with Gasteiger partial charge in [-0.3, -0.25) is 4.79 Å². The predicted molar refractivity (Wildman–Crippen MR) is 221 cm³/mol. The maximum Gasteiger partial charge on any atom is 0.318 e. The summed E-state index contributed by atoms with van der Waals surface area (Å²) in [5, 5.41) is 29.7. The van der Waals surface area contributed by atoms with Crippen LogP contribution in [-0.2, 0) is 13.0 Å². The highest BCUT2D eigenvalue weighted by molar-refractivity contribution is 6.10. The summed E-state index contributed by atoms with van der Waals surface area (Å²) in [5.41, 5.74) is 4.37. The van der Waals surface area contributed by atoms with Crippen LogP contribution >= 0.6 is 0 Å². The highest BCUT2D eigenvalue weighted by Crippen LogP contribution is 2.59. The molecule has 0 unspecified atom stereocenters. The molecular weight excluding hydrogens is 681 g/mol. The maximum absolute atomic E-state index is 14.5. The van der Waals surface area contributed by atoms with Gasteiger partial charge in [0.15, 0.2) is 5.78 Å². The number of hydrogen-bond donors (Lipinski definition) is 3. The topological polar surface area (TPSA) is 89.9 Å². The van der Waals surface area contributed by atoms with E-state index in [0.29, 0.717) is 49.8 Å². The van der Waals surface area contributed by atoms with E-state index in [1.807, 2.05) is 96.8 Å². The second kappa shape index (κ2) is 16.4. The molecule has 8 rings (SSSR count). The van der Waals surface area contributed by atoms with Crippen LogP contribution in [0.3, 0.4) is 0 Å². The number of ketones is 1. The fourth-order valence-corrected chi connectivity index (χ4v) is 9.19. The lowest BCUT2D eigenvalue weighted by Crippen LogP contribution is -2.55. The summed E-state index contributed by atoms with van der Waals surface area (Å²) in [6, 6.07) is 39.4. The SMILES string of the molecule is CC1=CCC[C@@]2(C)[C@@H](CC[C@@]2(O)CN(Cc2cccc3ccccc23)C(=O)N[C@H](C)c2ccccc2)c2ccc(cc2C(=O)c2ccccc2)C[C@@H](O)CC1. The molecule has 0 spiro atoms. The zero-order valence-electron chi connectivity index (χ0n) is 32.4. The van der Waals surface area contributed by atoms with Crippen LogP contribution in [-0.4, -0.2) is 45.2 Å². The average molecular weight is 735 g/mol. The van der Waals surface area contributed by atoms with Crippen molar-refractivity contribution in [1.29, 1.82) is 0 Å². The van der Waals surface area contributed by atoms with E-state index in [-0.39, 0.29) is 30.3 Å². The Bertz CT molecular complexity index is 2160. The van der Waals surface area contributed by atoms with E-state index < -0.39 is 17.1 Å². The van der Waals surface area contributed by atoms with Crippen molar-refractivity contribution >= 4 is 22.6 Å². The van der Waals surface area contributed by atoms with Gasteiger partial charge in [0.25, 0.3) is 0 Å². The van der Waals surface area contributed by atoms with Gasteiger partial charge in [-0.25, -0.2) is 4.79 Å². The van der Waals surface area contributed by atoms with Crippen molar-refractivity contribution < 1.29 is 19.8 Å². The number of carbonyl (C=O) groups excluding carboxylic acids is 2. The summed E-state index contributed by atoms with van der Waals surface area (Å²) < 4.78 is 0. The largest absolute Gasteiger partial charge is 0.393 e. The summed E-state index contributed by atoms with van der Waals surface area (Å²) in [6.07, 6.45) is 6.15. The van der Waals surface area contributed by atoms with Crippen LogP contribution in [0.1, 0.15) is 109 Å². The van der Waals surface area contributed by atoms with Crippen LogP contribution in [0.5, 0.6) is 0 Å². The Morgan fingerprint density at radius 3 is 2.36 bits per heavy atom. The van der Waals surface area contributed by atoms with Gasteiger partial charge in [-0.05, 0) is 104 Å². The predicted octanol–water partition coefficient (Wildman–Crippen LogP) is 10.1. The molecule has 1 fully saturated rings. The van der Waals surface area contributed by atoms with Crippen molar-refractivity contribution in [3.05, 3.63) is 166 Å². The number of rotatable bonds is 8. The van der Waals surface area contributed by atoms with E-state index in [2.05, 4.69) is 61.6 Å². The van der Waals surface area contributed by atoms with Crippen LogP contribution in [0.25, 0.3) is 10.8 Å². The number of benzene rings is 5. The molecule has 6 nitrogen and oxygen atoms in total. The zero-order chi connectivity index (χ0) is 38.6. The summed E-state index contributed by atoms with van der Waals surface area (Å²) in [4.78, 5) is 30.7. The monoisotopic (exact) mass is 734 g/mol. The number of fused-ring (bicyclic) bond motifs is 9. The number of urea groups is 1. The van der Waals surface area contributed by atoms with E-state index in [1.165, 1.54) is 5.57 Å². The first-order valence-electron chi connectivity index (χ1n) is 19.9. The van der Waals surface area contributed by atoms with Crippen LogP contribution in [0.2, 0.25) is 0 Å². The molecule has 1 saturated carbocycles. The van der Waals surface area contributed by atoms with E-state index in [4.69, 9.17) is 0 Å². The lowest BCUT2D eigenvalue weighted by molar-refractivity contribution is -0.0780. The third-order valence-corrected chi connectivity index (χ3v) is 12.6. The van der Waals surface area contributed by atoms with Gasteiger partial charge in [0.05, 0.1) is 24.3 Å². The molecule has 0 saturated heterocycles. The minimum atomic E-state index is -1.27. The summed E-state index contributed by atoms with van der Waals surface area (Å²) in [6.45, 7) is 6.74. The van der Waals surface area contributed by atoms with Crippen molar-refractivity contribution in [2.24, 2.45) is 5.41 Å². The lowest BCUT2D eigenvalue weighted by atomic mass is 9.64. The standard InChI is InChI=1S/C49H54N2O4/c1-34-14-13-28-48(3)45(43-26-24-36(30-41(52)25-23-34)31-44(43)46(53)39-18-8-5-9-19-39)27-29-49(48,55)33-51(47(54)50-35(2)37-15-6-4-7-16-37)32-40-21-12-20-38-17-10-11-22-42(38)40/h4-12,14-22,24,26,31,35,41,45,52,55H,13,23,25,27-30,32-33H2,1-3H3,(H,50,54)/t35-,41+,45+,48+,49-/m1/s1. The third-order valence-electron chi connectivity index (χ3n) is 12.6. The van der Waals surface area contributed by atoms with Gasteiger partial charge in [0, 0.05) is 23.1 Å². The maximum atomic E-state index is 14.5. The molecule has 6 heteroatoms. The Morgan fingerprint density at radius 2 is 1.58 bits per heavy atom. The highest BCUT2D eigenvalue weighted by atomic mass is 16.3. The van der Waals surface area contributed by atoms with Gasteiger partial charge < -0.3 is 20.4 Å². The summed E-state index contributed by atoms with van der Waals surface area (Å²) >= 11 is 0. The molecule has 2 bridgehead atoms. The smallest absolute Gasteiger partial charge is 0.318 e. The van der Waals surface area contributed by atoms with Crippen LogP contribution in [0.4, 0.5) is 4.79 Å². The number of aliphatic hydroxyl groups is 2. The number of nitrogens with one attached hydrogen (secondary N) is 1. The summed E-state index contributed by atoms with van der Waals surface area (Å²) in [7, 11) is 0. The van der Waals surface area contributed by atoms with E-state index in [0.717, 1.165) is 45.9 Å². The molecule has 5 atom stereocenters. The molecule has 3 N–H and O–H groups in total. The number of nitrogens with zero attached hydrogens (tertiary/aromatic N) is 1. The Balaban J connectivity index is 1.30. The zero-order valence-corrected chi connectivity index (χ0v) is 32.4. The molecule has 5 aromatic rings. The highest BCUT2D eigenvalue weighted by Gasteiger charge is 2.57. The second-order valence-corrected chi connectivity index (χ2v) is 16.2. The molecule has 0 radical (unpaired) electrons.